The molecule has 0 saturated heterocycles. The third-order valence-electron chi connectivity index (χ3n) is 8.02. The molecule has 3 aromatic heterocycles. The topological polar surface area (TPSA) is 85.5 Å². The van der Waals surface area contributed by atoms with Crippen molar-refractivity contribution in [2.45, 2.75) is 13.1 Å². The quantitative estimate of drug-likeness (QED) is 0.161. The van der Waals surface area contributed by atoms with Crippen LogP contribution in [0.3, 0.4) is 0 Å². The number of hydrogen-bond acceptors (Lipinski definition) is 7. The number of nitrogens with zero attached hydrogens (tertiary/aromatic N) is 5. The van der Waals surface area contributed by atoms with Crippen molar-refractivity contribution in [3.8, 4) is 46.0 Å². The van der Waals surface area contributed by atoms with Crippen LogP contribution < -0.4 is 18.9 Å². The SMILES string of the molecule is COc1cc(Cn2c(-c3cccc(-c4nc5ccccc5n4Cc4cc(OC)cc(OC)c4)n3)nc3ccccc32)cc(OC)c1. The van der Waals surface area contributed by atoms with Gasteiger partial charge >= 0.3 is 0 Å². The van der Waals surface area contributed by atoms with Crippen LogP contribution >= 0.6 is 0 Å². The molecule has 9 nitrogen and oxygen atoms in total. The van der Waals surface area contributed by atoms with Crippen molar-refractivity contribution < 1.29 is 18.9 Å². The fraction of sp³-hybridized carbons (Fsp3) is 0.162. The maximum absolute atomic E-state index is 5.55. The largest absolute Gasteiger partial charge is 0.497 e. The summed E-state index contributed by atoms with van der Waals surface area (Å²) in [5.74, 6) is 4.43. The van der Waals surface area contributed by atoms with Gasteiger partial charge in [0.1, 0.15) is 34.4 Å². The highest BCUT2D eigenvalue weighted by Crippen LogP contribution is 2.31. The molecule has 0 aliphatic rings. The Labute approximate surface area is 266 Å². The molecule has 3 heterocycles. The standard InChI is InChI=1S/C37H33N5O4/c1-43-26-16-24(17-27(20-26)44-2)22-41-34-14-7-5-10-30(34)39-36(41)32-12-9-13-33(38-32)37-40-31-11-6-8-15-35(31)42(37)23-25-18-28(45-3)21-29(19-25)46-4/h5-21H,22-23H2,1-4H3. The van der Waals surface area contributed by atoms with Gasteiger partial charge in [-0.15, -0.1) is 0 Å². The first-order valence-corrected chi connectivity index (χ1v) is 14.9. The van der Waals surface area contributed by atoms with Crippen LogP contribution in [-0.4, -0.2) is 52.5 Å². The van der Waals surface area contributed by atoms with Crippen LogP contribution in [0.25, 0.3) is 45.1 Å². The summed E-state index contributed by atoms with van der Waals surface area (Å²) in [6, 6.07) is 34.0. The molecule has 0 bridgehead atoms. The Balaban J connectivity index is 1.34. The van der Waals surface area contributed by atoms with E-state index in [1.165, 1.54) is 0 Å². The van der Waals surface area contributed by atoms with Crippen molar-refractivity contribution in [3.63, 3.8) is 0 Å². The predicted octanol–water partition coefficient (Wildman–Crippen LogP) is 7.25. The lowest BCUT2D eigenvalue weighted by Crippen LogP contribution is -2.06. The number of aromatic nitrogens is 5. The van der Waals surface area contributed by atoms with Gasteiger partial charge in [-0.2, -0.15) is 0 Å². The molecule has 0 spiro atoms. The number of rotatable bonds is 10. The van der Waals surface area contributed by atoms with Gasteiger partial charge in [0.2, 0.25) is 0 Å². The van der Waals surface area contributed by atoms with Crippen LogP contribution in [0.1, 0.15) is 11.1 Å². The molecule has 0 N–H and O–H groups in total. The summed E-state index contributed by atoms with van der Waals surface area (Å²) in [7, 11) is 6.63. The van der Waals surface area contributed by atoms with E-state index in [0.29, 0.717) is 13.1 Å². The summed E-state index contributed by atoms with van der Waals surface area (Å²) in [6.45, 7) is 1.09. The predicted molar refractivity (Wildman–Crippen MR) is 179 cm³/mol. The Hall–Kier alpha value is -5.83. The maximum atomic E-state index is 5.55. The van der Waals surface area contributed by atoms with Gasteiger partial charge in [0, 0.05) is 25.2 Å². The summed E-state index contributed by atoms with van der Waals surface area (Å²) in [4.78, 5) is 15.3. The van der Waals surface area contributed by atoms with Crippen molar-refractivity contribution in [1.29, 1.82) is 0 Å². The van der Waals surface area contributed by atoms with Crippen LogP contribution in [-0.2, 0) is 13.1 Å². The second kappa shape index (κ2) is 12.3. The molecule has 0 saturated carbocycles. The van der Waals surface area contributed by atoms with Gasteiger partial charge in [0.25, 0.3) is 0 Å². The molecule has 46 heavy (non-hydrogen) atoms. The average Bonchev–Trinajstić information content (AvgIpc) is 3.66. The van der Waals surface area contributed by atoms with Gasteiger partial charge in [0.05, 0.1) is 50.5 Å². The third kappa shape index (κ3) is 5.47. The minimum absolute atomic E-state index is 0.547. The Kier molecular flexibility index (Phi) is 7.72. The lowest BCUT2D eigenvalue weighted by atomic mass is 10.2. The molecular weight excluding hydrogens is 578 g/mol. The van der Waals surface area contributed by atoms with Gasteiger partial charge in [-0.25, -0.2) is 15.0 Å². The van der Waals surface area contributed by atoms with Crippen molar-refractivity contribution in [2.75, 3.05) is 28.4 Å². The number of methoxy groups -OCH3 is 4. The van der Waals surface area contributed by atoms with E-state index >= 15 is 0 Å². The fourth-order valence-electron chi connectivity index (χ4n) is 5.83. The lowest BCUT2D eigenvalue weighted by molar-refractivity contribution is 0.393. The average molecular weight is 612 g/mol. The highest BCUT2D eigenvalue weighted by Gasteiger charge is 2.19. The molecule has 0 aliphatic heterocycles. The lowest BCUT2D eigenvalue weighted by Gasteiger charge is -2.14. The van der Waals surface area contributed by atoms with Gasteiger partial charge in [-0.05, 0) is 71.8 Å². The minimum Gasteiger partial charge on any atom is -0.497 e. The number of pyridine rings is 1. The smallest absolute Gasteiger partial charge is 0.160 e. The summed E-state index contributed by atoms with van der Waals surface area (Å²) >= 11 is 0. The number of fused-ring (bicyclic) bond motifs is 2. The Morgan fingerprint density at radius 1 is 0.457 bits per heavy atom. The van der Waals surface area contributed by atoms with Gasteiger partial charge < -0.3 is 28.1 Å². The monoisotopic (exact) mass is 611 g/mol. The highest BCUT2D eigenvalue weighted by atomic mass is 16.5. The highest BCUT2D eigenvalue weighted by molar-refractivity contribution is 5.82. The Morgan fingerprint density at radius 2 is 0.848 bits per heavy atom. The van der Waals surface area contributed by atoms with E-state index in [4.69, 9.17) is 33.9 Å². The number of imidazole rings is 2. The first kappa shape index (κ1) is 28.9. The summed E-state index contributed by atoms with van der Waals surface area (Å²) in [6.07, 6.45) is 0. The molecular formula is C37H33N5O4. The molecule has 0 unspecified atom stereocenters. The van der Waals surface area contributed by atoms with Gasteiger partial charge in [-0.1, -0.05) is 30.3 Å². The molecule has 7 rings (SSSR count). The van der Waals surface area contributed by atoms with E-state index in [2.05, 4.69) is 21.3 Å². The zero-order valence-electron chi connectivity index (χ0n) is 26.1. The van der Waals surface area contributed by atoms with Crippen LogP contribution in [0.15, 0.2) is 103 Å². The van der Waals surface area contributed by atoms with E-state index < -0.39 is 0 Å². The minimum atomic E-state index is 0.547. The zero-order valence-corrected chi connectivity index (χ0v) is 26.1. The van der Waals surface area contributed by atoms with Crippen molar-refractivity contribution in [3.05, 3.63) is 114 Å². The first-order chi connectivity index (χ1) is 22.6. The second-order valence-electron chi connectivity index (χ2n) is 10.9. The molecule has 0 aliphatic carbocycles. The second-order valence-corrected chi connectivity index (χ2v) is 10.9. The first-order valence-electron chi connectivity index (χ1n) is 14.9. The number of ether oxygens (including phenoxy) is 4. The maximum Gasteiger partial charge on any atom is 0.160 e. The molecule has 0 radical (unpaired) electrons. The molecule has 9 heteroatoms. The van der Waals surface area contributed by atoms with Crippen LogP contribution in [0, 0.1) is 0 Å². The van der Waals surface area contributed by atoms with E-state index in [1.54, 1.807) is 28.4 Å². The Bertz CT molecular complexity index is 1990. The fourth-order valence-corrected chi connectivity index (χ4v) is 5.83. The molecule has 0 amide bonds. The van der Waals surface area contributed by atoms with E-state index in [0.717, 1.165) is 79.2 Å². The van der Waals surface area contributed by atoms with Gasteiger partial charge in [-0.3, -0.25) is 0 Å². The number of benzene rings is 4. The molecule has 4 aromatic carbocycles. The Morgan fingerprint density at radius 3 is 1.24 bits per heavy atom. The van der Waals surface area contributed by atoms with Gasteiger partial charge in [0.15, 0.2) is 11.6 Å². The number of hydrogen-bond donors (Lipinski definition) is 0. The third-order valence-corrected chi connectivity index (χ3v) is 8.02. The normalized spacial score (nSPS) is 11.2. The molecule has 0 fully saturated rings. The van der Waals surface area contributed by atoms with Crippen molar-refractivity contribution in [2.24, 2.45) is 0 Å². The van der Waals surface area contributed by atoms with E-state index in [1.807, 2.05) is 91.0 Å². The van der Waals surface area contributed by atoms with E-state index in [9.17, 15) is 0 Å². The molecule has 7 aromatic rings. The van der Waals surface area contributed by atoms with E-state index in [-0.39, 0.29) is 0 Å². The summed E-state index contributed by atoms with van der Waals surface area (Å²) < 4.78 is 26.6. The van der Waals surface area contributed by atoms with Crippen molar-refractivity contribution >= 4 is 22.1 Å². The van der Waals surface area contributed by atoms with Crippen LogP contribution in [0.2, 0.25) is 0 Å². The van der Waals surface area contributed by atoms with Crippen LogP contribution in [0.4, 0.5) is 0 Å². The number of para-hydroxylation sites is 4. The summed E-state index contributed by atoms with van der Waals surface area (Å²) in [5, 5.41) is 0. The zero-order chi connectivity index (χ0) is 31.6. The summed E-state index contributed by atoms with van der Waals surface area (Å²) in [5.41, 5.74) is 7.31. The van der Waals surface area contributed by atoms with Crippen molar-refractivity contribution in [1.82, 2.24) is 24.1 Å². The molecule has 0 atom stereocenters. The van der Waals surface area contributed by atoms with Crippen LogP contribution in [0.5, 0.6) is 23.0 Å². The molecule has 230 valence electrons.